The van der Waals surface area contributed by atoms with Gasteiger partial charge in [0.15, 0.2) is 0 Å². The van der Waals surface area contributed by atoms with Crippen LogP contribution >= 0.6 is 11.3 Å². The number of aryl methyl sites for hydroxylation is 2. The molecular formula is C26H23F3N4O6S. The van der Waals surface area contributed by atoms with Gasteiger partial charge in [0.1, 0.15) is 15.5 Å². The van der Waals surface area contributed by atoms with Crippen molar-refractivity contribution in [3.05, 3.63) is 69.4 Å². The summed E-state index contributed by atoms with van der Waals surface area (Å²) < 4.78 is 56.9. The summed E-state index contributed by atoms with van der Waals surface area (Å²) in [5, 5.41) is -0.0566. The lowest BCUT2D eigenvalue weighted by Gasteiger charge is -2.17. The van der Waals surface area contributed by atoms with Crippen LogP contribution in [0.25, 0.3) is 21.6 Å². The number of ether oxygens (including phenoxy) is 3. The molecule has 0 fully saturated rings. The van der Waals surface area contributed by atoms with Crippen molar-refractivity contribution in [3.63, 3.8) is 0 Å². The molecule has 0 bridgehead atoms. The number of aromatic nitrogens is 4. The summed E-state index contributed by atoms with van der Waals surface area (Å²) in [6.07, 6.45) is -1.49. The fourth-order valence-corrected chi connectivity index (χ4v) is 4.88. The van der Waals surface area contributed by atoms with Crippen LogP contribution in [0.2, 0.25) is 0 Å². The van der Waals surface area contributed by atoms with E-state index < -0.39 is 29.7 Å². The van der Waals surface area contributed by atoms with E-state index in [0.29, 0.717) is 22.4 Å². The molecule has 0 saturated carbocycles. The first kappa shape index (κ1) is 28.5. The highest BCUT2D eigenvalue weighted by Crippen LogP contribution is 2.33. The monoisotopic (exact) mass is 576 g/mol. The number of methoxy groups -OCH3 is 1. The first-order valence-corrected chi connectivity index (χ1v) is 12.6. The number of carbonyl (C=O) groups is 2. The van der Waals surface area contributed by atoms with E-state index in [0.717, 1.165) is 17.0 Å². The Hall–Kier alpha value is -4.46. The van der Waals surface area contributed by atoms with Crippen LogP contribution in [-0.4, -0.2) is 50.9 Å². The SMILES string of the molecule is C=C(c1ccc(-n2cnc(C)c2)c(OC)c1)n1c(OC(=O)C(F)(F)F)nc2sc(C(=O)OCCC)c(C)c2c1=O. The maximum absolute atomic E-state index is 13.7. The van der Waals surface area contributed by atoms with Crippen molar-refractivity contribution in [2.75, 3.05) is 13.7 Å². The highest BCUT2D eigenvalue weighted by atomic mass is 32.1. The molecule has 0 aliphatic carbocycles. The highest BCUT2D eigenvalue weighted by Gasteiger charge is 2.42. The molecular weight excluding hydrogens is 553 g/mol. The lowest BCUT2D eigenvalue weighted by molar-refractivity contribution is -0.190. The number of benzene rings is 1. The molecule has 0 unspecified atom stereocenters. The molecule has 0 saturated heterocycles. The fraction of sp³-hybridized carbons (Fsp3) is 0.269. The second kappa shape index (κ2) is 11.0. The number of esters is 2. The molecule has 4 rings (SSSR count). The zero-order valence-corrected chi connectivity index (χ0v) is 22.6. The third-order valence-electron chi connectivity index (χ3n) is 5.74. The number of halogens is 3. The van der Waals surface area contributed by atoms with Gasteiger partial charge in [-0.2, -0.15) is 18.2 Å². The maximum Gasteiger partial charge on any atom is 0.491 e. The van der Waals surface area contributed by atoms with Gasteiger partial charge in [0.2, 0.25) is 0 Å². The van der Waals surface area contributed by atoms with Crippen LogP contribution in [0.15, 0.2) is 42.1 Å². The predicted octanol–water partition coefficient (Wildman–Crippen LogP) is 4.82. The molecule has 10 nitrogen and oxygen atoms in total. The molecule has 3 aromatic heterocycles. The Bertz CT molecular complexity index is 1700. The van der Waals surface area contributed by atoms with Gasteiger partial charge >= 0.3 is 24.1 Å². The van der Waals surface area contributed by atoms with E-state index in [9.17, 15) is 27.6 Å². The first-order valence-electron chi connectivity index (χ1n) is 11.8. The second-order valence-electron chi connectivity index (χ2n) is 8.55. The number of hydrogen-bond donors (Lipinski definition) is 0. The normalized spacial score (nSPS) is 11.5. The molecule has 0 aliphatic rings. The van der Waals surface area contributed by atoms with E-state index in [1.165, 1.54) is 20.1 Å². The van der Waals surface area contributed by atoms with Gasteiger partial charge in [-0.25, -0.2) is 19.1 Å². The quantitative estimate of drug-likeness (QED) is 0.274. The van der Waals surface area contributed by atoms with Gasteiger partial charge in [-0.3, -0.25) is 4.79 Å². The Morgan fingerprint density at radius 1 is 1.20 bits per heavy atom. The standard InChI is InChI=1S/C26H23F3N4O6S/c1-6-9-38-23(35)20-14(3)19-21(40-20)31-25(39-24(36)26(27,28)29)33(22(19)34)15(4)16-7-8-17(18(10-16)37-5)32-11-13(2)30-12-32/h7-8,10-12H,4,6,9H2,1-3,5H3. The summed E-state index contributed by atoms with van der Waals surface area (Å²) in [4.78, 5) is 46.1. The molecule has 1 aromatic carbocycles. The Balaban J connectivity index is 1.89. The predicted molar refractivity (Wildman–Crippen MR) is 140 cm³/mol. The summed E-state index contributed by atoms with van der Waals surface area (Å²) in [6.45, 7) is 9.10. The van der Waals surface area contributed by atoms with Gasteiger partial charge in [0.05, 0.1) is 42.5 Å². The number of thiophene rings is 1. The smallest absolute Gasteiger partial charge is 0.491 e. The van der Waals surface area contributed by atoms with Crippen molar-refractivity contribution in [3.8, 4) is 17.4 Å². The second-order valence-corrected chi connectivity index (χ2v) is 9.55. The molecule has 4 aromatic rings. The minimum absolute atomic E-state index is 0.0474. The van der Waals surface area contributed by atoms with Gasteiger partial charge in [-0.1, -0.05) is 19.6 Å². The number of fused-ring (bicyclic) bond motifs is 1. The highest BCUT2D eigenvalue weighted by molar-refractivity contribution is 7.20. The summed E-state index contributed by atoms with van der Waals surface area (Å²) in [5.74, 6) is -2.96. The Kier molecular flexibility index (Phi) is 7.82. The maximum atomic E-state index is 13.7. The molecule has 0 spiro atoms. The number of hydrogen-bond acceptors (Lipinski definition) is 9. The van der Waals surface area contributed by atoms with Crippen LogP contribution < -0.4 is 15.0 Å². The minimum atomic E-state index is -5.37. The van der Waals surface area contributed by atoms with Crippen LogP contribution in [0, 0.1) is 13.8 Å². The molecule has 0 amide bonds. The zero-order valence-electron chi connectivity index (χ0n) is 21.8. The number of carbonyl (C=O) groups excluding carboxylic acids is 2. The fourth-order valence-electron chi connectivity index (χ4n) is 3.82. The zero-order chi connectivity index (χ0) is 29.4. The van der Waals surface area contributed by atoms with E-state index in [2.05, 4.69) is 21.3 Å². The summed E-state index contributed by atoms with van der Waals surface area (Å²) in [7, 11) is 1.42. The minimum Gasteiger partial charge on any atom is -0.495 e. The average molecular weight is 577 g/mol. The van der Waals surface area contributed by atoms with Crippen LogP contribution in [0.4, 0.5) is 13.2 Å². The number of rotatable bonds is 8. The van der Waals surface area contributed by atoms with Crippen LogP contribution in [-0.2, 0) is 9.53 Å². The van der Waals surface area contributed by atoms with Crippen molar-refractivity contribution >= 4 is 39.2 Å². The van der Waals surface area contributed by atoms with E-state index in [-0.39, 0.29) is 38.5 Å². The molecule has 0 aliphatic heterocycles. The first-order chi connectivity index (χ1) is 18.9. The van der Waals surface area contributed by atoms with Crippen LogP contribution in [0.1, 0.15) is 39.8 Å². The number of alkyl halides is 3. The van der Waals surface area contributed by atoms with Gasteiger partial charge < -0.3 is 18.8 Å². The van der Waals surface area contributed by atoms with Crippen molar-refractivity contribution in [1.82, 2.24) is 19.1 Å². The molecule has 0 atom stereocenters. The van der Waals surface area contributed by atoms with E-state index in [1.54, 1.807) is 43.1 Å². The molecule has 210 valence electrons. The van der Waals surface area contributed by atoms with Gasteiger partial charge in [-0.05, 0) is 38.0 Å². The van der Waals surface area contributed by atoms with Crippen molar-refractivity contribution < 1.29 is 37.0 Å². The van der Waals surface area contributed by atoms with Crippen molar-refractivity contribution in [2.45, 2.75) is 33.4 Å². The molecule has 40 heavy (non-hydrogen) atoms. The average Bonchev–Trinajstić information content (AvgIpc) is 3.48. The van der Waals surface area contributed by atoms with E-state index >= 15 is 0 Å². The topological polar surface area (TPSA) is 115 Å². The summed E-state index contributed by atoms with van der Waals surface area (Å²) >= 11 is 0.739. The summed E-state index contributed by atoms with van der Waals surface area (Å²) in [5.41, 5.74) is 0.765. The van der Waals surface area contributed by atoms with Crippen LogP contribution in [0.3, 0.4) is 0 Å². The van der Waals surface area contributed by atoms with Crippen molar-refractivity contribution in [2.24, 2.45) is 0 Å². The Morgan fingerprint density at radius 2 is 1.93 bits per heavy atom. The lowest BCUT2D eigenvalue weighted by atomic mass is 10.1. The summed E-state index contributed by atoms with van der Waals surface area (Å²) in [6, 6.07) is 3.73. The third kappa shape index (κ3) is 5.34. The van der Waals surface area contributed by atoms with Crippen LogP contribution in [0.5, 0.6) is 11.8 Å². The van der Waals surface area contributed by atoms with Gasteiger partial charge in [0.25, 0.3) is 5.56 Å². The third-order valence-corrected chi connectivity index (χ3v) is 6.91. The Morgan fingerprint density at radius 3 is 2.52 bits per heavy atom. The number of imidazole rings is 1. The van der Waals surface area contributed by atoms with Gasteiger partial charge in [0, 0.05) is 11.8 Å². The Labute approximate surface area is 229 Å². The van der Waals surface area contributed by atoms with Crippen molar-refractivity contribution in [1.29, 1.82) is 0 Å². The molecule has 3 heterocycles. The molecule has 0 radical (unpaired) electrons. The van der Waals surface area contributed by atoms with Gasteiger partial charge in [-0.15, -0.1) is 11.3 Å². The molecule has 14 heteroatoms. The lowest BCUT2D eigenvalue weighted by Crippen LogP contribution is -2.32. The van der Waals surface area contributed by atoms with E-state index in [1.807, 2.05) is 0 Å². The largest absolute Gasteiger partial charge is 0.495 e. The molecule has 0 N–H and O–H groups in total. The number of nitrogens with zero attached hydrogens (tertiary/aromatic N) is 4. The van der Waals surface area contributed by atoms with E-state index in [4.69, 9.17) is 9.47 Å².